The first-order valence-corrected chi connectivity index (χ1v) is 8.58. The number of fused-ring (bicyclic) bond motifs is 1. The molecule has 2 aromatic heterocycles. The van der Waals surface area contributed by atoms with Crippen molar-refractivity contribution in [1.82, 2.24) is 24.1 Å². The van der Waals surface area contributed by atoms with Gasteiger partial charge in [0.05, 0.1) is 6.67 Å². The van der Waals surface area contributed by atoms with Crippen LogP contribution in [-0.4, -0.2) is 31.1 Å². The Kier molecular flexibility index (Phi) is 4.92. The Morgan fingerprint density at radius 2 is 1.96 bits per heavy atom. The van der Waals surface area contributed by atoms with Crippen LogP contribution < -0.4 is 0 Å². The predicted molar refractivity (Wildman–Crippen MR) is 99.2 cm³/mol. The largest absolute Gasteiger partial charge is 0.283 e. The van der Waals surface area contributed by atoms with Crippen molar-refractivity contribution in [3.8, 4) is 0 Å². The lowest BCUT2D eigenvalue weighted by Crippen LogP contribution is -2.22. The molecule has 1 aromatic carbocycles. The first kappa shape index (κ1) is 17.4. The minimum absolute atomic E-state index is 0.541. The van der Waals surface area contributed by atoms with Crippen LogP contribution in [0.2, 0.25) is 10.0 Å². The average Bonchev–Trinajstić information content (AvgIpc) is 2.78. The lowest BCUT2D eigenvalue weighted by molar-refractivity contribution is 0.244. The van der Waals surface area contributed by atoms with Crippen LogP contribution >= 0.6 is 35.4 Å². The molecule has 5 nitrogen and oxygen atoms in total. The minimum atomic E-state index is 0.541. The van der Waals surface area contributed by atoms with E-state index in [1.54, 1.807) is 10.7 Å². The number of rotatable bonds is 4. The summed E-state index contributed by atoms with van der Waals surface area (Å²) in [6.45, 7) is 5.15. The summed E-state index contributed by atoms with van der Waals surface area (Å²) in [5.74, 6) is 0.621. The number of halogens is 2. The molecular weight excluding hydrogens is 365 g/mol. The van der Waals surface area contributed by atoms with E-state index >= 15 is 0 Å². The van der Waals surface area contributed by atoms with E-state index in [1.165, 1.54) is 0 Å². The third-order valence-electron chi connectivity index (χ3n) is 3.70. The number of nitrogens with zero attached hydrogens (tertiary/aromatic N) is 5. The molecule has 3 rings (SSSR count). The topological polar surface area (TPSA) is 38.4 Å². The van der Waals surface area contributed by atoms with E-state index in [0.29, 0.717) is 33.8 Å². The van der Waals surface area contributed by atoms with Crippen molar-refractivity contribution >= 4 is 41.2 Å². The van der Waals surface area contributed by atoms with Gasteiger partial charge in [0.1, 0.15) is 0 Å². The van der Waals surface area contributed by atoms with Crippen molar-refractivity contribution in [2.75, 3.05) is 7.05 Å². The Labute approximate surface area is 155 Å². The van der Waals surface area contributed by atoms with Crippen molar-refractivity contribution in [2.45, 2.75) is 27.1 Å². The molecule has 0 spiro atoms. The van der Waals surface area contributed by atoms with E-state index in [2.05, 4.69) is 15.0 Å². The van der Waals surface area contributed by atoms with Crippen LogP contribution in [0.1, 0.15) is 17.0 Å². The van der Waals surface area contributed by atoms with Gasteiger partial charge in [-0.3, -0.25) is 9.30 Å². The number of benzene rings is 1. The summed E-state index contributed by atoms with van der Waals surface area (Å²) in [5, 5.41) is 5.80. The van der Waals surface area contributed by atoms with Crippen LogP contribution in [-0.2, 0) is 13.2 Å². The molecule has 3 aromatic rings. The van der Waals surface area contributed by atoms with Gasteiger partial charge < -0.3 is 0 Å². The number of aryl methyl sites for hydroxylation is 2. The molecule has 0 atom stereocenters. The van der Waals surface area contributed by atoms with E-state index in [9.17, 15) is 0 Å². The van der Waals surface area contributed by atoms with Gasteiger partial charge in [0.15, 0.2) is 0 Å². The number of hydrogen-bond donors (Lipinski definition) is 0. The Bertz CT molecular complexity index is 963. The maximum atomic E-state index is 6.24. The molecular formula is C16H17Cl2N5S. The van der Waals surface area contributed by atoms with Crippen LogP contribution in [0.25, 0.3) is 5.78 Å². The molecule has 126 valence electrons. The molecule has 0 saturated heterocycles. The SMILES string of the molecule is Cc1cc(C)n2c(=S)n(CN(C)Cc3ccc(Cl)cc3Cl)nc2n1. The molecule has 0 aliphatic heterocycles. The second kappa shape index (κ2) is 6.80. The molecule has 0 aliphatic rings. The fraction of sp³-hybridized carbons (Fsp3) is 0.312. The van der Waals surface area contributed by atoms with E-state index < -0.39 is 0 Å². The van der Waals surface area contributed by atoms with Crippen LogP contribution in [0.5, 0.6) is 0 Å². The Morgan fingerprint density at radius 3 is 2.67 bits per heavy atom. The highest BCUT2D eigenvalue weighted by Crippen LogP contribution is 2.22. The van der Waals surface area contributed by atoms with Gasteiger partial charge in [-0.2, -0.15) is 0 Å². The molecule has 0 bridgehead atoms. The summed E-state index contributed by atoms with van der Waals surface area (Å²) in [7, 11) is 1.99. The monoisotopic (exact) mass is 381 g/mol. The molecule has 0 saturated carbocycles. The highest BCUT2D eigenvalue weighted by atomic mass is 35.5. The molecule has 0 N–H and O–H groups in total. The van der Waals surface area contributed by atoms with E-state index in [-0.39, 0.29) is 0 Å². The normalized spacial score (nSPS) is 11.6. The smallest absolute Gasteiger partial charge is 0.254 e. The average molecular weight is 382 g/mol. The van der Waals surface area contributed by atoms with Gasteiger partial charge in [-0.05, 0) is 56.9 Å². The zero-order chi connectivity index (χ0) is 17.4. The van der Waals surface area contributed by atoms with Gasteiger partial charge in [0, 0.05) is 28.0 Å². The van der Waals surface area contributed by atoms with Crippen molar-refractivity contribution in [3.05, 3.63) is 56.0 Å². The lowest BCUT2D eigenvalue weighted by Gasteiger charge is -2.17. The van der Waals surface area contributed by atoms with Crippen LogP contribution in [0.4, 0.5) is 0 Å². The van der Waals surface area contributed by atoms with Gasteiger partial charge in [0.2, 0.25) is 4.77 Å². The zero-order valence-corrected chi connectivity index (χ0v) is 16.0. The van der Waals surface area contributed by atoms with E-state index in [0.717, 1.165) is 17.0 Å². The molecule has 0 radical (unpaired) electrons. The summed E-state index contributed by atoms with van der Waals surface area (Å²) in [5.41, 5.74) is 2.95. The molecule has 0 unspecified atom stereocenters. The van der Waals surface area contributed by atoms with Crippen molar-refractivity contribution in [2.24, 2.45) is 0 Å². The van der Waals surface area contributed by atoms with Gasteiger partial charge in [-0.15, -0.1) is 5.10 Å². The Balaban J connectivity index is 1.85. The third-order valence-corrected chi connectivity index (χ3v) is 4.68. The lowest BCUT2D eigenvalue weighted by atomic mass is 10.2. The molecule has 0 aliphatic carbocycles. The molecule has 24 heavy (non-hydrogen) atoms. The maximum Gasteiger partial charge on any atom is 0.254 e. The van der Waals surface area contributed by atoms with Crippen LogP contribution in [0, 0.1) is 18.6 Å². The maximum absolute atomic E-state index is 6.24. The zero-order valence-electron chi connectivity index (χ0n) is 13.6. The molecule has 2 heterocycles. The fourth-order valence-corrected chi connectivity index (χ4v) is 3.44. The molecule has 0 amide bonds. The van der Waals surface area contributed by atoms with Gasteiger partial charge in [-0.25, -0.2) is 9.67 Å². The quantitative estimate of drug-likeness (QED) is 0.632. The Morgan fingerprint density at radius 1 is 1.21 bits per heavy atom. The van der Waals surface area contributed by atoms with Crippen LogP contribution in [0.15, 0.2) is 24.3 Å². The molecule has 0 fully saturated rings. The van der Waals surface area contributed by atoms with Crippen molar-refractivity contribution in [3.63, 3.8) is 0 Å². The van der Waals surface area contributed by atoms with E-state index in [1.807, 2.05) is 43.5 Å². The highest BCUT2D eigenvalue weighted by molar-refractivity contribution is 7.71. The standard InChI is InChI=1S/C16H17Cl2N5S/c1-10-6-11(2)23-15(19-10)20-22(16(23)24)9-21(3)8-12-4-5-13(17)7-14(12)18/h4-7H,8-9H2,1-3H3. The van der Waals surface area contributed by atoms with Crippen molar-refractivity contribution < 1.29 is 0 Å². The van der Waals surface area contributed by atoms with Crippen LogP contribution in [0.3, 0.4) is 0 Å². The van der Waals surface area contributed by atoms with Crippen molar-refractivity contribution in [1.29, 1.82) is 0 Å². The first-order chi connectivity index (χ1) is 11.3. The Hall–Kier alpha value is -1.47. The second-order valence-electron chi connectivity index (χ2n) is 5.85. The van der Waals surface area contributed by atoms with Gasteiger partial charge >= 0.3 is 0 Å². The summed E-state index contributed by atoms with van der Waals surface area (Å²) in [6, 6.07) is 7.51. The minimum Gasteiger partial charge on any atom is -0.283 e. The summed E-state index contributed by atoms with van der Waals surface area (Å²) in [4.78, 5) is 6.53. The molecule has 8 heteroatoms. The van der Waals surface area contributed by atoms with E-state index in [4.69, 9.17) is 35.4 Å². The van der Waals surface area contributed by atoms with Gasteiger partial charge in [0.25, 0.3) is 5.78 Å². The highest BCUT2D eigenvalue weighted by Gasteiger charge is 2.11. The number of hydrogen-bond acceptors (Lipinski definition) is 4. The van der Waals surface area contributed by atoms with Gasteiger partial charge in [-0.1, -0.05) is 29.3 Å². The summed E-state index contributed by atoms with van der Waals surface area (Å²) >= 11 is 17.7. The predicted octanol–water partition coefficient (Wildman–Crippen LogP) is 4.27. The number of aromatic nitrogens is 4. The first-order valence-electron chi connectivity index (χ1n) is 7.41. The third kappa shape index (κ3) is 3.47. The summed E-state index contributed by atoms with van der Waals surface area (Å²) < 4.78 is 4.28. The second-order valence-corrected chi connectivity index (χ2v) is 7.06. The fourth-order valence-electron chi connectivity index (χ4n) is 2.65. The summed E-state index contributed by atoms with van der Waals surface area (Å²) in [6.07, 6.45) is 0.